The number of carbonyl (C=O) groups excluding carboxylic acids is 1. The van der Waals surface area contributed by atoms with Crippen LogP contribution in [0.15, 0.2) is 53.4 Å². The number of benzene rings is 2. The van der Waals surface area contributed by atoms with Crippen molar-refractivity contribution >= 4 is 42.6 Å². The monoisotopic (exact) mass is 500 g/mol. The highest BCUT2D eigenvalue weighted by atomic mass is 32.2. The first-order chi connectivity index (χ1) is 16.3. The lowest BCUT2D eigenvalue weighted by atomic mass is 10.1. The van der Waals surface area contributed by atoms with E-state index in [4.69, 9.17) is 4.98 Å². The van der Waals surface area contributed by atoms with Gasteiger partial charge in [-0.05, 0) is 83.2 Å². The SMILES string of the molecule is CC1CCCCN1S(=O)(=O)c1ccc(C(=O)N(CCCN(C)C)c2nc3ccccc3s2)cc1. The fourth-order valence-electron chi connectivity index (χ4n) is 4.29. The van der Waals surface area contributed by atoms with Crippen LogP contribution in [-0.4, -0.2) is 68.3 Å². The van der Waals surface area contributed by atoms with E-state index >= 15 is 0 Å². The summed E-state index contributed by atoms with van der Waals surface area (Å²) in [5.41, 5.74) is 1.32. The van der Waals surface area contributed by atoms with E-state index in [9.17, 15) is 13.2 Å². The van der Waals surface area contributed by atoms with Gasteiger partial charge in [0.05, 0.1) is 15.1 Å². The molecule has 4 rings (SSSR count). The second-order valence-electron chi connectivity index (χ2n) is 9.06. The van der Waals surface area contributed by atoms with E-state index in [2.05, 4.69) is 4.90 Å². The third-order valence-corrected chi connectivity index (χ3v) is 9.28. The molecule has 0 N–H and O–H groups in total. The van der Waals surface area contributed by atoms with Gasteiger partial charge in [-0.1, -0.05) is 29.9 Å². The summed E-state index contributed by atoms with van der Waals surface area (Å²) in [6.45, 7) is 3.88. The van der Waals surface area contributed by atoms with Crippen LogP contribution in [0.4, 0.5) is 5.13 Å². The van der Waals surface area contributed by atoms with Gasteiger partial charge in [-0.15, -0.1) is 0 Å². The van der Waals surface area contributed by atoms with Crippen molar-refractivity contribution in [3.05, 3.63) is 54.1 Å². The molecule has 1 fully saturated rings. The van der Waals surface area contributed by atoms with Crippen molar-refractivity contribution in [1.29, 1.82) is 0 Å². The minimum atomic E-state index is -3.57. The number of carbonyl (C=O) groups is 1. The van der Waals surface area contributed by atoms with E-state index < -0.39 is 10.0 Å². The Labute approximate surface area is 206 Å². The molecule has 1 aromatic heterocycles. The van der Waals surface area contributed by atoms with Gasteiger partial charge in [-0.2, -0.15) is 4.31 Å². The van der Waals surface area contributed by atoms with Crippen LogP contribution in [0.5, 0.6) is 0 Å². The molecule has 3 aromatic rings. The third kappa shape index (κ3) is 5.33. The molecule has 7 nitrogen and oxygen atoms in total. The van der Waals surface area contributed by atoms with Gasteiger partial charge in [0.1, 0.15) is 0 Å². The number of hydrogen-bond acceptors (Lipinski definition) is 6. The number of fused-ring (bicyclic) bond motifs is 1. The first kappa shape index (κ1) is 24.8. The molecule has 1 unspecified atom stereocenters. The molecule has 2 heterocycles. The van der Waals surface area contributed by atoms with Gasteiger partial charge in [0, 0.05) is 24.7 Å². The first-order valence-corrected chi connectivity index (χ1v) is 14.0. The van der Waals surface area contributed by atoms with E-state index in [1.807, 2.05) is 45.3 Å². The summed E-state index contributed by atoms with van der Waals surface area (Å²) >= 11 is 1.49. The molecule has 182 valence electrons. The Morgan fingerprint density at radius 1 is 1.09 bits per heavy atom. The van der Waals surface area contributed by atoms with Crippen molar-refractivity contribution in [1.82, 2.24) is 14.2 Å². The van der Waals surface area contributed by atoms with Crippen LogP contribution in [0.25, 0.3) is 10.2 Å². The summed E-state index contributed by atoms with van der Waals surface area (Å²) in [5.74, 6) is -0.173. The predicted octanol–water partition coefficient (Wildman–Crippen LogP) is 4.46. The van der Waals surface area contributed by atoms with Crippen LogP contribution < -0.4 is 4.90 Å². The molecule has 0 aliphatic carbocycles. The Bertz CT molecular complexity index is 1210. The van der Waals surface area contributed by atoms with E-state index in [1.165, 1.54) is 11.3 Å². The molecule has 0 saturated carbocycles. The summed E-state index contributed by atoms with van der Waals surface area (Å²) in [6.07, 6.45) is 3.61. The molecule has 2 aromatic carbocycles. The van der Waals surface area contributed by atoms with Gasteiger partial charge < -0.3 is 4.90 Å². The highest BCUT2D eigenvalue weighted by molar-refractivity contribution is 7.89. The van der Waals surface area contributed by atoms with Crippen LogP contribution in [0.3, 0.4) is 0 Å². The summed E-state index contributed by atoms with van der Waals surface area (Å²) in [6, 6.07) is 14.2. The highest BCUT2D eigenvalue weighted by Gasteiger charge is 2.31. The standard InChI is InChI=1S/C25H32N4O3S2/c1-19-9-6-7-18-29(19)34(31,32)21-14-12-20(13-15-21)24(30)28(17-8-16-27(2)3)25-26-22-10-4-5-11-23(22)33-25/h4-5,10-15,19H,6-9,16-18H2,1-3H3. The number of aromatic nitrogens is 1. The quantitative estimate of drug-likeness (QED) is 0.457. The number of sulfonamides is 1. The van der Waals surface area contributed by atoms with Crippen molar-refractivity contribution in [3.63, 3.8) is 0 Å². The van der Waals surface area contributed by atoms with E-state index in [1.54, 1.807) is 33.5 Å². The van der Waals surface area contributed by atoms with Gasteiger partial charge in [0.2, 0.25) is 10.0 Å². The van der Waals surface area contributed by atoms with Crippen LogP contribution in [0.2, 0.25) is 0 Å². The first-order valence-electron chi connectivity index (χ1n) is 11.7. The molecule has 34 heavy (non-hydrogen) atoms. The number of amides is 1. The number of nitrogens with zero attached hydrogens (tertiary/aromatic N) is 4. The van der Waals surface area contributed by atoms with Crippen molar-refractivity contribution in [2.24, 2.45) is 0 Å². The lowest BCUT2D eigenvalue weighted by Crippen LogP contribution is -2.41. The maximum absolute atomic E-state index is 13.5. The Morgan fingerprint density at radius 2 is 1.82 bits per heavy atom. The normalized spacial score (nSPS) is 17.4. The van der Waals surface area contributed by atoms with Crippen LogP contribution >= 0.6 is 11.3 Å². The zero-order valence-electron chi connectivity index (χ0n) is 20.0. The Kier molecular flexibility index (Phi) is 7.67. The molecule has 1 aliphatic heterocycles. The van der Waals surface area contributed by atoms with Gasteiger partial charge in [-0.25, -0.2) is 13.4 Å². The van der Waals surface area contributed by atoms with Crippen molar-refractivity contribution in [2.75, 3.05) is 38.6 Å². The smallest absolute Gasteiger partial charge is 0.260 e. The fraction of sp³-hybridized carbons (Fsp3) is 0.440. The molecule has 1 amide bonds. The van der Waals surface area contributed by atoms with Crippen molar-refractivity contribution < 1.29 is 13.2 Å². The second kappa shape index (κ2) is 10.5. The van der Waals surface area contributed by atoms with E-state index in [0.717, 1.165) is 42.4 Å². The van der Waals surface area contributed by atoms with E-state index in [0.29, 0.717) is 23.8 Å². The minimum absolute atomic E-state index is 0.00807. The lowest BCUT2D eigenvalue weighted by Gasteiger charge is -2.32. The van der Waals surface area contributed by atoms with Gasteiger partial charge in [-0.3, -0.25) is 9.69 Å². The lowest BCUT2D eigenvalue weighted by molar-refractivity contribution is 0.0986. The van der Waals surface area contributed by atoms with Crippen LogP contribution in [0.1, 0.15) is 43.0 Å². The maximum Gasteiger partial charge on any atom is 0.260 e. The zero-order chi connectivity index (χ0) is 24.3. The highest BCUT2D eigenvalue weighted by Crippen LogP contribution is 2.30. The molecule has 0 spiro atoms. The Hall–Kier alpha value is -2.33. The van der Waals surface area contributed by atoms with Crippen molar-refractivity contribution in [3.8, 4) is 0 Å². The molecule has 1 atom stereocenters. The van der Waals surface area contributed by atoms with Gasteiger partial charge >= 0.3 is 0 Å². The molecule has 0 bridgehead atoms. The molecule has 1 saturated heterocycles. The Morgan fingerprint density at radius 3 is 2.50 bits per heavy atom. The van der Waals surface area contributed by atoms with Crippen molar-refractivity contribution in [2.45, 2.75) is 43.5 Å². The topological polar surface area (TPSA) is 73.8 Å². The largest absolute Gasteiger partial charge is 0.309 e. The second-order valence-corrected chi connectivity index (χ2v) is 12.0. The van der Waals surface area contributed by atoms with Crippen LogP contribution in [0, 0.1) is 0 Å². The molecule has 9 heteroatoms. The summed E-state index contributed by atoms with van der Waals surface area (Å²) in [4.78, 5) is 22.3. The molecular formula is C25H32N4O3S2. The van der Waals surface area contributed by atoms with Crippen LogP contribution in [-0.2, 0) is 10.0 Å². The average Bonchev–Trinajstić information content (AvgIpc) is 3.25. The maximum atomic E-state index is 13.5. The molecule has 1 aliphatic rings. The number of thiazole rings is 1. The average molecular weight is 501 g/mol. The number of para-hydroxylation sites is 1. The Balaban J connectivity index is 1.59. The van der Waals surface area contributed by atoms with Gasteiger partial charge in [0.25, 0.3) is 5.91 Å². The third-order valence-electron chi connectivity index (χ3n) is 6.20. The summed E-state index contributed by atoms with van der Waals surface area (Å²) < 4.78 is 28.9. The zero-order valence-corrected chi connectivity index (χ0v) is 21.6. The molecular weight excluding hydrogens is 468 g/mol. The summed E-state index contributed by atoms with van der Waals surface area (Å²) in [5, 5.41) is 0.656. The number of hydrogen-bond donors (Lipinski definition) is 0. The minimum Gasteiger partial charge on any atom is -0.309 e. The molecule has 0 radical (unpaired) electrons. The number of rotatable bonds is 8. The van der Waals surface area contributed by atoms with E-state index in [-0.39, 0.29) is 16.8 Å². The fourth-order valence-corrected chi connectivity index (χ4v) is 6.98. The summed E-state index contributed by atoms with van der Waals surface area (Å²) in [7, 11) is 0.438. The number of anilines is 1. The predicted molar refractivity (Wildman–Crippen MR) is 138 cm³/mol. The van der Waals surface area contributed by atoms with Gasteiger partial charge in [0.15, 0.2) is 5.13 Å². The number of piperidine rings is 1.